The van der Waals surface area contributed by atoms with Crippen molar-refractivity contribution >= 4 is 11.0 Å². The summed E-state index contributed by atoms with van der Waals surface area (Å²) in [6, 6.07) is 3.61. The zero-order valence-corrected chi connectivity index (χ0v) is 18.8. The number of phenolic OH excluding ortho intramolecular Hbond substituents is 1. The molecule has 13 nitrogen and oxygen atoms in total. The molecule has 3 heterocycles. The molecular weight excluding hydrogens is 472 g/mol. The molecule has 13 heteroatoms. The van der Waals surface area contributed by atoms with Gasteiger partial charge in [0.05, 0.1) is 12.7 Å². The van der Waals surface area contributed by atoms with E-state index in [4.69, 9.17) is 23.4 Å². The van der Waals surface area contributed by atoms with E-state index < -0.39 is 79.2 Å². The summed E-state index contributed by atoms with van der Waals surface area (Å²) in [5.74, 6) is -0.203. The van der Waals surface area contributed by atoms with Crippen LogP contribution in [0.1, 0.15) is 12.7 Å². The van der Waals surface area contributed by atoms with E-state index in [9.17, 15) is 40.5 Å². The van der Waals surface area contributed by atoms with E-state index in [1.54, 1.807) is 6.92 Å². The maximum absolute atomic E-state index is 12.1. The van der Waals surface area contributed by atoms with Crippen LogP contribution < -0.4 is 10.2 Å². The summed E-state index contributed by atoms with van der Waals surface area (Å²) in [4.78, 5) is 12.1. The molecule has 10 unspecified atom stereocenters. The monoisotopic (exact) mass is 500 g/mol. The summed E-state index contributed by atoms with van der Waals surface area (Å²) in [5, 5.41) is 70.9. The van der Waals surface area contributed by atoms with Crippen molar-refractivity contribution in [3.8, 4) is 11.5 Å². The number of rotatable bonds is 5. The van der Waals surface area contributed by atoms with Crippen molar-refractivity contribution in [1.82, 2.24) is 0 Å². The molecule has 0 amide bonds. The number of aliphatic hydroxyl groups is 6. The molecule has 35 heavy (non-hydrogen) atoms. The molecule has 0 bridgehead atoms. The van der Waals surface area contributed by atoms with E-state index >= 15 is 0 Å². The van der Waals surface area contributed by atoms with Gasteiger partial charge in [-0.1, -0.05) is 0 Å². The van der Waals surface area contributed by atoms with Gasteiger partial charge in [-0.3, -0.25) is 4.79 Å². The van der Waals surface area contributed by atoms with Crippen molar-refractivity contribution in [2.24, 2.45) is 0 Å². The molecule has 7 N–H and O–H groups in total. The number of hydrogen-bond donors (Lipinski definition) is 7. The van der Waals surface area contributed by atoms with Crippen LogP contribution in [0.4, 0.5) is 0 Å². The summed E-state index contributed by atoms with van der Waals surface area (Å²) in [5.41, 5.74) is -0.439. The van der Waals surface area contributed by atoms with E-state index in [0.29, 0.717) is 5.76 Å². The molecule has 194 valence electrons. The summed E-state index contributed by atoms with van der Waals surface area (Å²) < 4.78 is 27.3. The lowest BCUT2D eigenvalue weighted by Gasteiger charge is -2.42. The molecule has 1 aromatic carbocycles. The Morgan fingerprint density at radius 1 is 0.857 bits per heavy atom. The second kappa shape index (κ2) is 9.97. The minimum Gasteiger partial charge on any atom is -0.507 e. The summed E-state index contributed by atoms with van der Waals surface area (Å²) in [7, 11) is 0. The molecule has 1 aromatic heterocycles. The Balaban J connectivity index is 1.49. The van der Waals surface area contributed by atoms with Crippen molar-refractivity contribution in [3.63, 3.8) is 0 Å². The lowest BCUT2D eigenvalue weighted by atomic mass is 9.98. The Kier molecular flexibility index (Phi) is 7.33. The molecule has 0 aliphatic carbocycles. The van der Waals surface area contributed by atoms with Gasteiger partial charge in [-0.15, -0.1) is 0 Å². The quantitative estimate of drug-likeness (QED) is 0.234. The lowest BCUT2D eigenvalue weighted by molar-refractivity contribution is -0.318. The Labute approximate surface area is 198 Å². The fraction of sp³-hybridized carbons (Fsp3) is 0.591. The highest BCUT2D eigenvalue weighted by Gasteiger charge is 2.47. The van der Waals surface area contributed by atoms with E-state index in [1.807, 2.05) is 0 Å². The van der Waals surface area contributed by atoms with Crippen molar-refractivity contribution in [2.75, 3.05) is 6.61 Å². The number of phenols is 1. The largest absolute Gasteiger partial charge is 0.507 e. The van der Waals surface area contributed by atoms with Crippen LogP contribution >= 0.6 is 0 Å². The highest BCUT2D eigenvalue weighted by molar-refractivity contribution is 5.84. The van der Waals surface area contributed by atoms with Gasteiger partial charge in [0, 0.05) is 18.2 Å². The minimum atomic E-state index is -1.72. The number of aliphatic hydroxyl groups excluding tert-OH is 6. The SMILES string of the molecule is Cc1cc(=O)c2c(O)cc(OC3OC(COC4OC(C)C(O)C(O)C4O)C(O)C(O)C3O)cc2o1. The standard InChI is InChI=1S/C22H28O13/c1-7-3-10(23)14-11(24)4-9(5-12(14)32-7)34-22-20(30)18(28)16(26)13(35-22)6-31-21-19(29)17(27)15(25)8(2)33-21/h3-5,8,13,15-22,24-30H,6H2,1-2H3. The van der Waals surface area contributed by atoms with Crippen LogP contribution in [0.15, 0.2) is 27.4 Å². The number of fused-ring (bicyclic) bond motifs is 1. The van der Waals surface area contributed by atoms with Gasteiger partial charge < -0.3 is 59.1 Å². The zero-order valence-electron chi connectivity index (χ0n) is 18.8. The predicted octanol–water partition coefficient (Wildman–Crippen LogP) is -2.16. The molecule has 2 fully saturated rings. The second-order valence-corrected chi connectivity index (χ2v) is 8.68. The number of aryl methyl sites for hydroxylation is 1. The van der Waals surface area contributed by atoms with Crippen LogP contribution in [0.5, 0.6) is 11.5 Å². The third-order valence-electron chi connectivity index (χ3n) is 6.06. The fourth-order valence-electron chi connectivity index (χ4n) is 4.06. The lowest BCUT2D eigenvalue weighted by Crippen LogP contribution is -2.61. The van der Waals surface area contributed by atoms with Gasteiger partial charge in [-0.25, -0.2) is 0 Å². The second-order valence-electron chi connectivity index (χ2n) is 8.68. The first-order chi connectivity index (χ1) is 16.5. The van der Waals surface area contributed by atoms with Gasteiger partial charge in [0.15, 0.2) is 11.7 Å². The van der Waals surface area contributed by atoms with Crippen LogP contribution in [0.2, 0.25) is 0 Å². The molecule has 10 atom stereocenters. The van der Waals surface area contributed by atoms with E-state index in [2.05, 4.69) is 0 Å². The van der Waals surface area contributed by atoms with Gasteiger partial charge in [-0.2, -0.15) is 0 Å². The van der Waals surface area contributed by atoms with Crippen molar-refractivity contribution in [2.45, 2.75) is 75.3 Å². The van der Waals surface area contributed by atoms with Crippen molar-refractivity contribution in [3.05, 3.63) is 34.2 Å². The van der Waals surface area contributed by atoms with Crippen LogP contribution in [0.25, 0.3) is 11.0 Å². The molecule has 2 aromatic rings. The predicted molar refractivity (Wildman–Crippen MR) is 115 cm³/mol. The Morgan fingerprint density at radius 2 is 1.51 bits per heavy atom. The molecule has 2 saturated heterocycles. The van der Waals surface area contributed by atoms with Crippen LogP contribution in [-0.4, -0.2) is 104 Å². The van der Waals surface area contributed by atoms with Gasteiger partial charge in [0.2, 0.25) is 6.29 Å². The molecule has 0 spiro atoms. The molecule has 2 aliphatic rings. The number of ether oxygens (including phenoxy) is 4. The zero-order chi connectivity index (χ0) is 25.6. The Hall–Kier alpha value is -2.33. The average molecular weight is 500 g/mol. The Morgan fingerprint density at radius 3 is 2.23 bits per heavy atom. The van der Waals surface area contributed by atoms with Gasteiger partial charge in [0.25, 0.3) is 0 Å². The number of aromatic hydroxyl groups is 1. The third kappa shape index (κ3) is 5.00. The van der Waals surface area contributed by atoms with Gasteiger partial charge in [-0.05, 0) is 13.8 Å². The van der Waals surface area contributed by atoms with Gasteiger partial charge >= 0.3 is 0 Å². The smallest absolute Gasteiger partial charge is 0.229 e. The van der Waals surface area contributed by atoms with Gasteiger partial charge in [0.1, 0.15) is 71.0 Å². The number of hydrogen-bond acceptors (Lipinski definition) is 13. The fourth-order valence-corrected chi connectivity index (χ4v) is 4.06. The number of benzene rings is 1. The molecule has 2 aliphatic heterocycles. The highest BCUT2D eigenvalue weighted by atomic mass is 16.7. The minimum absolute atomic E-state index is 0.0223. The van der Waals surface area contributed by atoms with E-state index in [0.717, 1.165) is 6.07 Å². The first-order valence-corrected chi connectivity index (χ1v) is 10.9. The summed E-state index contributed by atoms with van der Waals surface area (Å²) in [6.45, 7) is 2.56. The molecule has 0 radical (unpaired) electrons. The molecular formula is C22H28O13. The average Bonchev–Trinajstić information content (AvgIpc) is 2.79. The van der Waals surface area contributed by atoms with Crippen molar-refractivity contribution in [1.29, 1.82) is 0 Å². The Bertz CT molecular complexity index is 1100. The third-order valence-corrected chi connectivity index (χ3v) is 6.06. The van der Waals surface area contributed by atoms with Crippen LogP contribution in [-0.2, 0) is 14.2 Å². The molecule has 4 rings (SSSR count). The first-order valence-electron chi connectivity index (χ1n) is 10.9. The van der Waals surface area contributed by atoms with Crippen LogP contribution in [0, 0.1) is 6.92 Å². The maximum atomic E-state index is 12.1. The topological polar surface area (TPSA) is 209 Å². The van der Waals surface area contributed by atoms with E-state index in [1.165, 1.54) is 19.1 Å². The van der Waals surface area contributed by atoms with E-state index in [-0.39, 0.29) is 16.7 Å². The highest BCUT2D eigenvalue weighted by Crippen LogP contribution is 2.32. The summed E-state index contributed by atoms with van der Waals surface area (Å²) >= 11 is 0. The maximum Gasteiger partial charge on any atom is 0.229 e. The van der Waals surface area contributed by atoms with Crippen LogP contribution in [0.3, 0.4) is 0 Å². The normalized spacial score (nSPS) is 37.9. The summed E-state index contributed by atoms with van der Waals surface area (Å²) in [6.07, 6.45) is -14.6. The molecule has 0 saturated carbocycles. The first kappa shape index (κ1) is 25.8. The van der Waals surface area contributed by atoms with Crippen molar-refractivity contribution < 1.29 is 59.1 Å².